The van der Waals surface area contributed by atoms with Crippen molar-refractivity contribution in [2.24, 2.45) is 0 Å². The van der Waals surface area contributed by atoms with Gasteiger partial charge >= 0.3 is 0 Å². The van der Waals surface area contributed by atoms with Crippen LogP contribution in [-0.2, 0) is 4.74 Å². The lowest BCUT2D eigenvalue weighted by Crippen LogP contribution is -2.47. The van der Waals surface area contributed by atoms with Crippen molar-refractivity contribution >= 4 is 0 Å². The summed E-state index contributed by atoms with van der Waals surface area (Å²) in [5, 5.41) is 3.30. The van der Waals surface area contributed by atoms with E-state index in [1.165, 1.54) is 12.1 Å². The van der Waals surface area contributed by atoms with Crippen molar-refractivity contribution in [3.63, 3.8) is 0 Å². The van der Waals surface area contributed by atoms with Gasteiger partial charge in [-0.15, -0.1) is 0 Å². The molecule has 1 fully saturated rings. The SMILES string of the molecule is CC1COC(c2cc(F)cc(F)c2)C(C)N1. The zero-order valence-electron chi connectivity index (χ0n) is 9.34. The molecule has 3 unspecified atom stereocenters. The molecule has 1 heterocycles. The summed E-state index contributed by atoms with van der Waals surface area (Å²) in [5.41, 5.74) is 0.546. The fourth-order valence-electron chi connectivity index (χ4n) is 2.10. The van der Waals surface area contributed by atoms with Crippen LogP contribution in [-0.4, -0.2) is 18.7 Å². The van der Waals surface area contributed by atoms with Crippen molar-refractivity contribution in [2.45, 2.75) is 32.0 Å². The normalized spacial score (nSPS) is 30.4. The minimum absolute atomic E-state index is 0.0462. The number of halogens is 2. The maximum atomic E-state index is 13.1. The lowest BCUT2D eigenvalue weighted by Gasteiger charge is -2.34. The van der Waals surface area contributed by atoms with Crippen LogP contribution in [0.25, 0.3) is 0 Å². The summed E-state index contributed by atoms with van der Waals surface area (Å²) in [4.78, 5) is 0. The van der Waals surface area contributed by atoms with Crippen LogP contribution in [0.2, 0.25) is 0 Å². The van der Waals surface area contributed by atoms with Gasteiger partial charge in [-0.2, -0.15) is 0 Å². The highest BCUT2D eigenvalue weighted by molar-refractivity contribution is 5.22. The topological polar surface area (TPSA) is 21.3 Å². The molecule has 1 aliphatic rings. The van der Waals surface area contributed by atoms with E-state index in [0.717, 1.165) is 6.07 Å². The van der Waals surface area contributed by atoms with Crippen LogP contribution in [0.1, 0.15) is 25.5 Å². The van der Waals surface area contributed by atoms with E-state index < -0.39 is 11.6 Å². The summed E-state index contributed by atoms with van der Waals surface area (Å²) in [6.45, 7) is 4.51. The number of hydrogen-bond donors (Lipinski definition) is 1. The molecule has 3 atom stereocenters. The molecule has 0 bridgehead atoms. The van der Waals surface area contributed by atoms with Crippen LogP contribution < -0.4 is 5.32 Å². The molecule has 0 aromatic heterocycles. The maximum Gasteiger partial charge on any atom is 0.126 e. The molecular formula is C12H15F2NO. The molecular weight excluding hydrogens is 212 g/mol. The predicted molar refractivity (Wildman–Crippen MR) is 57.1 cm³/mol. The van der Waals surface area contributed by atoms with Crippen molar-refractivity contribution in [3.8, 4) is 0 Å². The summed E-state index contributed by atoms with van der Waals surface area (Å²) >= 11 is 0. The van der Waals surface area contributed by atoms with Gasteiger partial charge in [0.25, 0.3) is 0 Å². The smallest absolute Gasteiger partial charge is 0.126 e. The monoisotopic (exact) mass is 227 g/mol. The molecule has 16 heavy (non-hydrogen) atoms. The van der Waals surface area contributed by atoms with Crippen LogP contribution in [0, 0.1) is 11.6 Å². The van der Waals surface area contributed by atoms with E-state index in [0.29, 0.717) is 12.2 Å². The summed E-state index contributed by atoms with van der Waals surface area (Å²) < 4.78 is 31.7. The van der Waals surface area contributed by atoms with Crippen molar-refractivity contribution in [3.05, 3.63) is 35.4 Å². The number of rotatable bonds is 1. The molecule has 0 radical (unpaired) electrons. The first kappa shape index (κ1) is 11.5. The van der Waals surface area contributed by atoms with Gasteiger partial charge in [0, 0.05) is 18.2 Å². The van der Waals surface area contributed by atoms with Gasteiger partial charge in [-0.25, -0.2) is 8.78 Å². The van der Waals surface area contributed by atoms with E-state index in [1.54, 1.807) is 0 Å². The number of ether oxygens (including phenoxy) is 1. The van der Waals surface area contributed by atoms with Crippen LogP contribution in [0.4, 0.5) is 8.78 Å². The Morgan fingerprint density at radius 3 is 2.38 bits per heavy atom. The molecule has 2 nitrogen and oxygen atoms in total. The average Bonchev–Trinajstić information content (AvgIpc) is 2.15. The Bertz CT molecular complexity index is 363. The molecule has 1 aromatic carbocycles. The van der Waals surface area contributed by atoms with Gasteiger partial charge in [0.1, 0.15) is 11.6 Å². The Labute approximate surface area is 93.6 Å². The van der Waals surface area contributed by atoms with E-state index in [-0.39, 0.29) is 18.2 Å². The van der Waals surface area contributed by atoms with Crippen molar-refractivity contribution < 1.29 is 13.5 Å². The van der Waals surface area contributed by atoms with Crippen LogP contribution in [0.15, 0.2) is 18.2 Å². The third-order valence-electron chi connectivity index (χ3n) is 2.74. The van der Waals surface area contributed by atoms with Crippen LogP contribution >= 0.6 is 0 Å². The highest BCUT2D eigenvalue weighted by atomic mass is 19.1. The Balaban J connectivity index is 2.23. The molecule has 0 amide bonds. The molecule has 0 saturated carbocycles. The van der Waals surface area contributed by atoms with Gasteiger partial charge in [-0.1, -0.05) is 0 Å². The number of benzene rings is 1. The van der Waals surface area contributed by atoms with Crippen molar-refractivity contribution in [1.82, 2.24) is 5.32 Å². The summed E-state index contributed by atoms with van der Waals surface area (Å²) in [6.07, 6.45) is -0.290. The predicted octanol–water partition coefficient (Wildman–Crippen LogP) is 2.40. The Morgan fingerprint density at radius 1 is 1.19 bits per heavy atom. The average molecular weight is 227 g/mol. The molecule has 0 spiro atoms. The summed E-state index contributed by atoms with van der Waals surface area (Å²) in [5.74, 6) is -1.13. The Hall–Kier alpha value is -1.00. The fraction of sp³-hybridized carbons (Fsp3) is 0.500. The van der Waals surface area contributed by atoms with Crippen LogP contribution in [0.3, 0.4) is 0 Å². The highest BCUT2D eigenvalue weighted by Crippen LogP contribution is 2.26. The summed E-state index contributed by atoms with van der Waals surface area (Å²) in [7, 11) is 0. The van der Waals surface area contributed by atoms with Gasteiger partial charge < -0.3 is 10.1 Å². The quantitative estimate of drug-likeness (QED) is 0.795. The van der Waals surface area contributed by atoms with Crippen molar-refractivity contribution in [2.75, 3.05) is 6.61 Å². The van der Waals surface area contributed by atoms with E-state index in [2.05, 4.69) is 5.32 Å². The number of nitrogens with one attached hydrogen (secondary N) is 1. The second-order valence-electron chi connectivity index (χ2n) is 4.31. The Morgan fingerprint density at radius 2 is 1.81 bits per heavy atom. The van der Waals surface area contributed by atoms with Gasteiger partial charge in [0.15, 0.2) is 0 Å². The number of hydrogen-bond acceptors (Lipinski definition) is 2. The molecule has 1 aliphatic heterocycles. The maximum absolute atomic E-state index is 13.1. The van der Waals surface area contributed by atoms with Gasteiger partial charge in [0.2, 0.25) is 0 Å². The van der Waals surface area contributed by atoms with E-state index in [4.69, 9.17) is 4.74 Å². The minimum Gasteiger partial charge on any atom is -0.370 e. The molecule has 1 N–H and O–H groups in total. The first-order valence-corrected chi connectivity index (χ1v) is 5.40. The molecule has 4 heteroatoms. The van der Waals surface area contributed by atoms with E-state index in [1.807, 2.05) is 13.8 Å². The first-order valence-electron chi connectivity index (χ1n) is 5.40. The van der Waals surface area contributed by atoms with Crippen LogP contribution in [0.5, 0.6) is 0 Å². The third kappa shape index (κ3) is 2.39. The highest BCUT2D eigenvalue weighted by Gasteiger charge is 2.27. The number of morpholine rings is 1. The molecule has 1 aromatic rings. The first-order chi connectivity index (χ1) is 7.56. The molecule has 0 aliphatic carbocycles. The van der Waals surface area contributed by atoms with E-state index >= 15 is 0 Å². The zero-order valence-corrected chi connectivity index (χ0v) is 9.34. The third-order valence-corrected chi connectivity index (χ3v) is 2.74. The second kappa shape index (κ2) is 4.47. The lowest BCUT2D eigenvalue weighted by molar-refractivity contribution is -0.0209. The Kier molecular flexibility index (Phi) is 3.21. The van der Waals surface area contributed by atoms with E-state index in [9.17, 15) is 8.78 Å². The van der Waals surface area contributed by atoms with Gasteiger partial charge in [-0.3, -0.25) is 0 Å². The van der Waals surface area contributed by atoms with Crippen molar-refractivity contribution in [1.29, 1.82) is 0 Å². The zero-order chi connectivity index (χ0) is 11.7. The van der Waals surface area contributed by atoms with Gasteiger partial charge in [0.05, 0.1) is 12.7 Å². The second-order valence-corrected chi connectivity index (χ2v) is 4.31. The fourth-order valence-corrected chi connectivity index (χ4v) is 2.10. The summed E-state index contributed by atoms with van der Waals surface area (Å²) in [6, 6.07) is 3.83. The minimum atomic E-state index is -0.565. The molecule has 88 valence electrons. The molecule has 2 rings (SSSR count). The molecule has 1 saturated heterocycles. The lowest BCUT2D eigenvalue weighted by atomic mass is 10.0. The standard InChI is InChI=1S/C12H15F2NO/c1-7-6-16-12(8(2)15-7)9-3-10(13)5-11(14)4-9/h3-5,7-8,12,15H,6H2,1-2H3. The largest absolute Gasteiger partial charge is 0.370 e. The van der Waals surface area contributed by atoms with Gasteiger partial charge in [-0.05, 0) is 31.5 Å².